The normalized spacial score (nSPS) is 15.2. The number of aromatic nitrogens is 2. The van der Waals surface area contributed by atoms with E-state index in [2.05, 4.69) is 45.1 Å². The van der Waals surface area contributed by atoms with Gasteiger partial charge in [-0.25, -0.2) is 9.37 Å². The maximum atomic E-state index is 13.3. The molecule has 0 atom stereocenters. The summed E-state index contributed by atoms with van der Waals surface area (Å²) in [7, 11) is 0. The van der Waals surface area contributed by atoms with Gasteiger partial charge in [0, 0.05) is 49.8 Å². The number of piperazine rings is 1. The molecular formula is C20H21FN4. The average molecular weight is 336 g/mol. The zero-order valence-corrected chi connectivity index (χ0v) is 14.1. The highest BCUT2D eigenvalue weighted by Crippen LogP contribution is 2.26. The Morgan fingerprint density at radius 3 is 2.28 bits per heavy atom. The molecule has 128 valence electrons. The predicted octanol–water partition coefficient (Wildman–Crippen LogP) is 3.86. The van der Waals surface area contributed by atoms with E-state index in [1.54, 1.807) is 18.5 Å². The molecule has 1 aliphatic heterocycles. The lowest BCUT2D eigenvalue weighted by molar-refractivity contribution is 0.645. The minimum atomic E-state index is -0.527. The fraction of sp³-hybridized carbons (Fsp3) is 0.200. The van der Waals surface area contributed by atoms with Crippen LogP contribution in [0.3, 0.4) is 0 Å². The number of rotatable bonds is 5. The van der Waals surface area contributed by atoms with E-state index in [-0.39, 0.29) is 0 Å². The monoisotopic (exact) mass is 336 g/mol. The molecule has 1 aromatic heterocycles. The van der Waals surface area contributed by atoms with Gasteiger partial charge < -0.3 is 9.80 Å². The van der Waals surface area contributed by atoms with Crippen LogP contribution < -0.4 is 9.80 Å². The Balaban J connectivity index is 1.80. The third-order valence-corrected chi connectivity index (χ3v) is 4.18. The Bertz CT molecular complexity index is 777. The van der Waals surface area contributed by atoms with E-state index in [4.69, 9.17) is 0 Å². The second-order valence-corrected chi connectivity index (χ2v) is 5.79. The number of benzene rings is 1. The first-order valence-electron chi connectivity index (χ1n) is 8.24. The molecule has 2 aromatic rings. The van der Waals surface area contributed by atoms with E-state index in [1.807, 2.05) is 18.2 Å². The van der Waals surface area contributed by atoms with Crippen LogP contribution in [0, 0.1) is 0 Å². The number of hydrogen-bond acceptors (Lipinski definition) is 4. The van der Waals surface area contributed by atoms with Crippen molar-refractivity contribution >= 4 is 17.1 Å². The number of hydrogen-bond donors (Lipinski definition) is 0. The van der Waals surface area contributed by atoms with Gasteiger partial charge in [0.2, 0.25) is 0 Å². The summed E-state index contributed by atoms with van der Waals surface area (Å²) >= 11 is 0. The van der Waals surface area contributed by atoms with Crippen LogP contribution in [0.2, 0.25) is 0 Å². The van der Waals surface area contributed by atoms with Crippen molar-refractivity contribution in [3.05, 3.63) is 79.6 Å². The molecule has 2 heterocycles. The van der Waals surface area contributed by atoms with Crippen LogP contribution in [0.5, 0.6) is 0 Å². The van der Waals surface area contributed by atoms with E-state index in [9.17, 15) is 4.39 Å². The number of allylic oxidation sites excluding steroid dienone is 4. The Morgan fingerprint density at radius 2 is 1.64 bits per heavy atom. The first-order chi connectivity index (χ1) is 12.2. The Labute approximate surface area is 147 Å². The Kier molecular flexibility index (Phi) is 5.23. The SMILES string of the molecule is C=C/C(=C\C(=C)F)c1nccnc1N1CCN(c2ccccc2)CC1. The number of halogens is 1. The predicted molar refractivity (Wildman–Crippen MR) is 101 cm³/mol. The molecule has 0 spiro atoms. The topological polar surface area (TPSA) is 32.3 Å². The maximum Gasteiger partial charge on any atom is 0.155 e. The first-order valence-corrected chi connectivity index (χ1v) is 8.24. The summed E-state index contributed by atoms with van der Waals surface area (Å²) in [5, 5.41) is 0. The number of para-hydroxylation sites is 1. The Hall–Kier alpha value is -2.95. The van der Waals surface area contributed by atoms with Crippen LogP contribution in [-0.4, -0.2) is 36.1 Å². The highest BCUT2D eigenvalue weighted by atomic mass is 19.1. The van der Waals surface area contributed by atoms with Crippen molar-refractivity contribution in [1.29, 1.82) is 0 Å². The summed E-state index contributed by atoms with van der Waals surface area (Å²) in [6.45, 7) is 10.5. The lowest BCUT2D eigenvalue weighted by atomic mass is 10.1. The van der Waals surface area contributed by atoms with Crippen molar-refractivity contribution in [2.24, 2.45) is 0 Å². The van der Waals surface area contributed by atoms with Crippen molar-refractivity contribution in [3.8, 4) is 0 Å². The molecule has 4 nitrogen and oxygen atoms in total. The number of anilines is 2. The summed E-state index contributed by atoms with van der Waals surface area (Å²) in [5.41, 5.74) is 2.44. The van der Waals surface area contributed by atoms with Gasteiger partial charge in [-0.2, -0.15) is 0 Å². The van der Waals surface area contributed by atoms with Gasteiger partial charge in [0.15, 0.2) is 5.82 Å². The molecule has 0 amide bonds. The summed E-state index contributed by atoms with van der Waals surface area (Å²) < 4.78 is 13.3. The molecule has 1 aromatic carbocycles. The van der Waals surface area contributed by atoms with Gasteiger partial charge in [-0.1, -0.05) is 37.4 Å². The molecular weight excluding hydrogens is 315 g/mol. The maximum absolute atomic E-state index is 13.3. The minimum Gasteiger partial charge on any atom is -0.368 e. The molecule has 0 unspecified atom stereocenters. The molecule has 0 N–H and O–H groups in total. The smallest absolute Gasteiger partial charge is 0.155 e. The van der Waals surface area contributed by atoms with Crippen molar-refractivity contribution in [1.82, 2.24) is 9.97 Å². The van der Waals surface area contributed by atoms with Gasteiger partial charge in [-0.3, -0.25) is 4.98 Å². The van der Waals surface area contributed by atoms with Gasteiger partial charge >= 0.3 is 0 Å². The van der Waals surface area contributed by atoms with Gasteiger partial charge in [-0.15, -0.1) is 0 Å². The van der Waals surface area contributed by atoms with Crippen LogP contribution in [0.25, 0.3) is 5.57 Å². The van der Waals surface area contributed by atoms with Crippen LogP contribution >= 0.6 is 0 Å². The molecule has 1 aliphatic rings. The third kappa shape index (κ3) is 3.94. The quantitative estimate of drug-likeness (QED) is 0.776. The highest BCUT2D eigenvalue weighted by molar-refractivity contribution is 5.79. The summed E-state index contributed by atoms with van der Waals surface area (Å²) in [5.74, 6) is 0.225. The van der Waals surface area contributed by atoms with E-state index in [0.29, 0.717) is 11.3 Å². The number of nitrogens with zero attached hydrogens (tertiary/aromatic N) is 4. The average Bonchev–Trinajstić information content (AvgIpc) is 2.67. The first kappa shape index (κ1) is 16.9. The van der Waals surface area contributed by atoms with Crippen molar-refractivity contribution in [3.63, 3.8) is 0 Å². The third-order valence-electron chi connectivity index (χ3n) is 4.18. The van der Waals surface area contributed by atoms with E-state index >= 15 is 0 Å². The fourth-order valence-corrected chi connectivity index (χ4v) is 2.97. The van der Waals surface area contributed by atoms with Gasteiger partial charge in [0.1, 0.15) is 11.5 Å². The molecule has 0 aliphatic carbocycles. The van der Waals surface area contributed by atoms with Crippen LogP contribution in [0.4, 0.5) is 15.9 Å². The molecule has 3 rings (SSSR count). The standard InChI is InChI=1S/C20H21FN4/c1-3-17(15-16(2)21)19-20(23-10-9-22-19)25-13-11-24(12-14-25)18-7-5-4-6-8-18/h3-10,15H,1-2,11-14H2/b17-15+. The zero-order chi connectivity index (χ0) is 17.6. The van der Waals surface area contributed by atoms with E-state index in [0.717, 1.165) is 32.0 Å². The van der Waals surface area contributed by atoms with Crippen LogP contribution in [0.1, 0.15) is 5.69 Å². The second kappa shape index (κ2) is 7.75. The molecule has 1 fully saturated rings. The van der Waals surface area contributed by atoms with Gasteiger partial charge in [0.05, 0.1) is 0 Å². The highest BCUT2D eigenvalue weighted by Gasteiger charge is 2.21. The van der Waals surface area contributed by atoms with Gasteiger partial charge in [0.25, 0.3) is 0 Å². The minimum absolute atomic E-state index is 0.527. The van der Waals surface area contributed by atoms with Crippen LogP contribution in [-0.2, 0) is 0 Å². The second-order valence-electron chi connectivity index (χ2n) is 5.79. The van der Waals surface area contributed by atoms with Gasteiger partial charge in [-0.05, 0) is 18.2 Å². The van der Waals surface area contributed by atoms with Crippen molar-refractivity contribution in [2.45, 2.75) is 0 Å². The summed E-state index contributed by atoms with van der Waals surface area (Å²) in [6, 6.07) is 10.4. The van der Waals surface area contributed by atoms with Crippen molar-refractivity contribution < 1.29 is 4.39 Å². The summed E-state index contributed by atoms with van der Waals surface area (Å²) in [6.07, 6.45) is 6.18. The molecule has 0 saturated carbocycles. The largest absolute Gasteiger partial charge is 0.368 e. The molecule has 0 bridgehead atoms. The Morgan fingerprint density at radius 1 is 1.00 bits per heavy atom. The zero-order valence-electron chi connectivity index (χ0n) is 14.1. The van der Waals surface area contributed by atoms with Crippen LogP contribution in [0.15, 0.2) is 73.9 Å². The van der Waals surface area contributed by atoms with Crippen molar-refractivity contribution in [2.75, 3.05) is 36.0 Å². The lowest BCUT2D eigenvalue weighted by Gasteiger charge is -2.37. The molecule has 25 heavy (non-hydrogen) atoms. The summed E-state index contributed by atoms with van der Waals surface area (Å²) in [4.78, 5) is 13.4. The molecule has 1 saturated heterocycles. The molecule has 0 radical (unpaired) electrons. The lowest BCUT2D eigenvalue weighted by Crippen LogP contribution is -2.47. The fourth-order valence-electron chi connectivity index (χ4n) is 2.97. The molecule has 5 heteroatoms. The van der Waals surface area contributed by atoms with E-state index < -0.39 is 5.83 Å². The van der Waals surface area contributed by atoms with E-state index in [1.165, 1.54) is 11.8 Å².